The molecule has 0 radical (unpaired) electrons. The van der Waals surface area contributed by atoms with E-state index in [9.17, 15) is 5.11 Å². The summed E-state index contributed by atoms with van der Waals surface area (Å²) in [6.07, 6.45) is 5.19. The lowest BCUT2D eigenvalue weighted by molar-refractivity contribution is -0.0559. The standard InChI is InChI=1S/C16H24O3/c1-4-12-7-5-6-8-16(12,17)13-9-14(18-2)11-15(10-13)19-3/h9-12,17H,4-8H2,1-3H3. The fourth-order valence-corrected chi connectivity index (χ4v) is 3.21. The molecule has 2 unspecified atom stereocenters. The first-order valence-electron chi connectivity index (χ1n) is 7.10. The van der Waals surface area contributed by atoms with E-state index in [-0.39, 0.29) is 0 Å². The highest BCUT2D eigenvalue weighted by Gasteiger charge is 2.39. The van der Waals surface area contributed by atoms with Gasteiger partial charge in [-0.1, -0.05) is 26.2 Å². The number of ether oxygens (including phenoxy) is 2. The Morgan fingerprint density at radius 3 is 2.32 bits per heavy atom. The van der Waals surface area contributed by atoms with E-state index >= 15 is 0 Å². The van der Waals surface area contributed by atoms with Gasteiger partial charge in [0.1, 0.15) is 11.5 Å². The van der Waals surface area contributed by atoms with E-state index in [1.165, 1.54) is 6.42 Å². The molecule has 0 aromatic heterocycles. The van der Waals surface area contributed by atoms with E-state index in [1.807, 2.05) is 18.2 Å². The second-order valence-corrected chi connectivity index (χ2v) is 5.38. The van der Waals surface area contributed by atoms with Crippen molar-refractivity contribution < 1.29 is 14.6 Å². The van der Waals surface area contributed by atoms with Crippen LogP contribution in [0.1, 0.15) is 44.6 Å². The monoisotopic (exact) mass is 264 g/mol. The smallest absolute Gasteiger partial charge is 0.122 e. The normalized spacial score (nSPS) is 27.1. The van der Waals surface area contributed by atoms with Crippen molar-refractivity contribution in [2.24, 2.45) is 5.92 Å². The fourth-order valence-electron chi connectivity index (χ4n) is 3.21. The molecule has 106 valence electrons. The molecule has 3 heteroatoms. The van der Waals surface area contributed by atoms with Gasteiger partial charge in [0, 0.05) is 6.07 Å². The molecular formula is C16H24O3. The van der Waals surface area contributed by atoms with Gasteiger partial charge in [-0.25, -0.2) is 0 Å². The molecular weight excluding hydrogens is 240 g/mol. The lowest BCUT2D eigenvalue weighted by atomic mass is 9.70. The minimum absolute atomic E-state index is 0.318. The molecule has 1 N–H and O–H groups in total. The molecule has 2 rings (SSSR count). The van der Waals surface area contributed by atoms with E-state index in [0.29, 0.717) is 5.92 Å². The third-order valence-corrected chi connectivity index (χ3v) is 4.38. The Hall–Kier alpha value is -1.22. The van der Waals surface area contributed by atoms with Crippen molar-refractivity contribution in [3.63, 3.8) is 0 Å². The molecule has 19 heavy (non-hydrogen) atoms. The van der Waals surface area contributed by atoms with Crippen LogP contribution in [0.15, 0.2) is 18.2 Å². The van der Waals surface area contributed by atoms with Gasteiger partial charge >= 0.3 is 0 Å². The van der Waals surface area contributed by atoms with E-state index < -0.39 is 5.60 Å². The highest BCUT2D eigenvalue weighted by Crippen LogP contribution is 2.45. The van der Waals surface area contributed by atoms with E-state index in [0.717, 1.165) is 42.7 Å². The Labute approximate surface area is 115 Å². The zero-order valence-corrected chi connectivity index (χ0v) is 12.1. The van der Waals surface area contributed by atoms with Gasteiger partial charge in [0.25, 0.3) is 0 Å². The first-order valence-corrected chi connectivity index (χ1v) is 7.10. The van der Waals surface area contributed by atoms with Crippen molar-refractivity contribution in [1.29, 1.82) is 0 Å². The molecule has 3 nitrogen and oxygen atoms in total. The number of hydrogen-bond acceptors (Lipinski definition) is 3. The van der Waals surface area contributed by atoms with Gasteiger partial charge in [0.2, 0.25) is 0 Å². The number of hydrogen-bond donors (Lipinski definition) is 1. The summed E-state index contributed by atoms with van der Waals surface area (Å²) >= 11 is 0. The Kier molecular flexibility index (Phi) is 4.35. The summed E-state index contributed by atoms with van der Waals surface area (Å²) in [5, 5.41) is 11.1. The summed E-state index contributed by atoms with van der Waals surface area (Å²) in [6.45, 7) is 2.15. The van der Waals surface area contributed by atoms with Gasteiger partial charge in [-0.05, 0) is 36.5 Å². The van der Waals surface area contributed by atoms with Crippen LogP contribution < -0.4 is 9.47 Å². The van der Waals surface area contributed by atoms with Crippen molar-refractivity contribution >= 4 is 0 Å². The quantitative estimate of drug-likeness (QED) is 0.904. The molecule has 1 aliphatic carbocycles. The van der Waals surface area contributed by atoms with Crippen LogP contribution in [0.3, 0.4) is 0 Å². The SMILES string of the molecule is CCC1CCCCC1(O)c1cc(OC)cc(OC)c1. The zero-order valence-electron chi connectivity index (χ0n) is 12.1. The molecule has 0 bridgehead atoms. The van der Waals surface area contributed by atoms with Crippen LogP contribution in [0, 0.1) is 5.92 Å². The van der Waals surface area contributed by atoms with Crippen molar-refractivity contribution in [3.8, 4) is 11.5 Å². The molecule has 1 aromatic carbocycles. The summed E-state index contributed by atoms with van der Waals surface area (Å²) in [7, 11) is 3.28. The van der Waals surface area contributed by atoms with Gasteiger partial charge in [-0.3, -0.25) is 0 Å². The lowest BCUT2D eigenvalue weighted by Crippen LogP contribution is -2.37. The number of aliphatic hydroxyl groups is 1. The van der Waals surface area contributed by atoms with Crippen LogP contribution in [0.5, 0.6) is 11.5 Å². The van der Waals surface area contributed by atoms with Gasteiger partial charge in [0.15, 0.2) is 0 Å². The van der Waals surface area contributed by atoms with E-state index in [1.54, 1.807) is 14.2 Å². The first-order chi connectivity index (χ1) is 9.13. The number of benzene rings is 1. The highest BCUT2D eigenvalue weighted by molar-refractivity contribution is 5.41. The third-order valence-electron chi connectivity index (χ3n) is 4.38. The van der Waals surface area contributed by atoms with Crippen molar-refractivity contribution in [2.75, 3.05) is 14.2 Å². The molecule has 0 heterocycles. The van der Waals surface area contributed by atoms with Gasteiger partial charge in [0.05, 0.1) is 19.8 Å². The van der Waals surface area contributed by atoms with Crippen LogP contribution in [-0.4, -0.2) is 19.3 Å². The highest BCUT2D eigenvalue weighted by atomic mass is 16.5. The van der Waals surface area contributed by atoms with Crippen molar-refractivity contribution in [3.05, 3.63) is 23.8 Å². The molecule has 1 aliphatic rings. The third kappa shape index (κ3) is 2.71. The molecule has 0 spiro atoms. The second-order valence-electron chi connectivity index (χ2n) is 5.38. The Bertz CT molecular complexity index is 408. The summed E-state index contributed by atoms with van der Waals surface area (Å²) in [5.74, 6) is 1.80. The summed E-state index contributed by atoms with van der Waals surface area (Å²) in [5.41, 5.74) is 0.185. The second kappa shape index (κ2) is 5.83. The van der Waals surface area contributed by atoms with Gasteiger partial charge in [-0.2, -0.15) is 0 Å². The summed E-state index contributed by atoms with van der Waals surface area (Å²) < 4.78 is 10.6. The molecule has 0 aliphatic heterocycles. The van der Waals surface area contributed by atoms with Crippen LogP contribution in [0.25, 0.3) is 0 Å². The maximum Gasteiger partial charge on any atom is 0.122 e. The van der Waals surface area contributed by atoms with Crippen molar-refractivity contribution in [2.45, 2.75) is 44.6 Å². The summed E-state index contributed by atoms with van der Waals surface area (Å²) in [6, 6.07) is 5.73. The average Bonchev–Trinajstić information content (AvgIpc) is 2.47. The predicted octanol–water partition coefficient (Wildman–Crippen LogP) is 3.49. The van der Waals surface area contributed by atoms with E-state index in [2.05, 4.69) is 6.92 Å². The molecule has 0 amide bonds. The topological polar surface area (TPSA) is 38.7 Å². The Morgan fingerprint density at radius 1 is 1.16 bits per heavy atom. The maximum absolute atomic E-state index is 11.1. The van der Waals surface area contributed by atoms with Crippen LogP contribution in [0.4, 0.5) is 0 Å². The Morgan fingerprint density at radius 2 is 1.79 bits per heavy atom. The van der Waals surface area contributed by atoms with E-state index in [4.69, 9.17) is 9.47 Å². The molecule has 2 atom stereocenters. The fraction of sp³-hybridized carbons (Fsp3) is 0.625. The minimum atomic E-state index is -0.741. The first kappa shape index (κ1) is 14.2. The average molecular weight is 264 g/mol. The van der Waals surface area contributed by atoms with Crippen LogP contribution in [0.2, 0.25) is 0 Å². The lowest BCUT2D eigenvalue weighted by Gasteiger charge is -2.40. The molecule has 1 saturated carbocycles. The van der Waals surface area contributed by atoms with Gasteiger partial charge in [-0.15, -0.1) is 0 Å². The van der Waals surface area contributed by atoms with Crippen molar-refractivity contribution in [1.82, 2.24) is 0 Å². The number of rotatable bonds is 4. The minimum Gasteiger partial charge on any atom is -0.497 e. The molecule has 1 fully saturated rings. The molecule has 1 aromatic rings. The van der Waals surface area contributed by atoms with Crippen LogP contribution in [-0.2, 0) is 5.60 Å². The predicted molar refractivity (Wildman–Crippen MR) is 75.7 cm³/mol. The van der Waals surface area contributed by atoms with Crippen LogP contribution >= 0.6 is 0 Å². The largest absolute Gasteiger partial charge is 0.497 e. The summed E-state index contributed by atoms with van der Waals surface area (Å²) in [4.78, 5) is 0. The molecule has 0 saturated heterocycles. The van der Waals surface area contributed by atoms with Gasteiger partial charge < -0.3 is 14.6 Å². The zero-order chi connectivity index (χ0) is 13.9. The maximum atomic E-state index is 11.1. The Balaban J connectivity index is 2.42. The number of methoxy groups -OCH3 is 2.